The van der Waals surface area contributed by atoms with Crippen LogP contribution in [0.4, 0.5) is 4.79 Å². The molecule has 1 aromatic rings. The molecule has 0 fully saturated rings. The number of halogens is 1. The van der Waals surface area contributed by atoms with Gasteiger partial charge in [-0.2, -0.15) is 0 Å². The Morgan fingerprint density at radius 3 is 2.35 bits per heavy atom. The van der Waals surface area contributed by atoms with Gasteiger partial charge in [0.2, 0.25) is 0 Å². The summed E-state index contributed by atoms with van der Waals surface area (Å²) < 4.78 is 0. The third kappa shape index (κ3) is 4.28. The molecule has 0 spiro atoms. The largest absolute Gasteiger partial charge is 0.331 e. The van der Waals surface area contributed by atoms with E-state index in [1.807, 2.05) is 0 Å². The van der Waals surface area contributed by atoms with Crippen molar-refractivity contribution in [2.24, 2.45) is 0 Å². The summed E-state index contributed by atoms with van der Waals surface area (Å²) in [6.07, 6.45) is 2.61. The van der Waals surface area contributed by atoms with E-state index < -0.39 is 0 Å². The second-order valence-electron chi connectivity index (χ2n) is 3.55. The molecule has 2 amide bonds. The zero-order valence-corrected chi connectivity index (χ0v) is 10.4. The van der Waals surface area contributed by atoms with Crippen LogP contribution in [0.15, 0.2) is 36.5 Å². The summed E-state index contributed by atoms with van der Waals surface area (Å²) in [5.74, 6) is -0.194. The van der Waals surface area contributed by atoms with Crippen molar-refractivity contribution in [3.8, 4) is 0 Å². The third-order valence-corrected chi connectivity index (χ3v) is 2.23. The SMILES string of the molecule is CN(C)C(=O)NC=CC(=O)c1ccc(Cl)cc1. The van der Waals surface area contributed by atoms with Gasteiger partial charge in [0, 0.05) is 37.0 Å². The Morgan fingerprint density at radius 1 is 1.24 bits per heavy atom. The van der Waals surface area contributed by atoms with Gasteiger partial charge in [-0.25, -0.2) is 4.79 Å². The minimum absolute atomic E-state index is 0.194. The van der Waals surface area contributed by atoms with Crippen molar-refractivity contribution in [1.82, 2.24) is 10.2 Å². The number of rotatable bonds is 3. The quantitative estimate of drug-likeness (QED) is 0.663. The maximum atomic E-state index is 11.6. The highest BCUT2D eigenvalue weighted by Gasteiger charge is 2.02. The molecule has 0 aliphatic carbocycles. The Balaban J connectivity index is 2.58. The highest BCUT2D eigenvalue weighted by molar-refractivity contribution is 6.30. The Labute approximate surface area is 105 Å². The van der Waals surface area contributed by atoms with Gasteiger partial charge < -0.3 is 10.2 Å². The van der Waals surface area contributed by atoms with Crippen LogP contribution >= 0.6 is 11.6 Å². The molecule has 1 N–H and O–H groups in total. The number of hydrogen-bond acceptors (Lipinski definition) is 2. The molecule has 0 aromatic heterocycles. The van der Waals surface area contributed by atoms with E-state index in [1.54, 1.807) is 38.4 Å². The molecule has 1 rings (SSSR count). The van der Waals surface area contributed by atoms with Crippen LogP contribution in [-0.2, 0) is 0 Å². The number of hydrogen-bond donors (Lipinski definition) is 1. The van der Waals surface area contributed by atoms with Crippen molar-refractivity contribution in [3.05, 3.63) is 47.1 Å². The molecular weight excluding hydrogens is 240 g/mol. The van der Waals surface area contributed by atoms with Gasteiger partial charge in [-0.3, -0.25) is 4.79 Å². The van der Waals surface area contributed by atoms with Gasteiger partial charge in [0.25, 0.3) is 0 Å². The number of carbonyl (C=O) groups is 2. The lowest BCUT2D eigenvalue weighted by Crippen LogP contribution is -2.30. The first-order valence-electron chi connectivity index (χ1n) is 4.95. The number of ketones is 1. The zero-order chi connectivity index (χ0) is 12.8. The van der Waals surface area contributed by atoms with Gasteiger partial charge in [0.05, 0.1) is 0 Å². The molecule has 0 heterocycles. The minimum Gasteiger partial charge on any atom is -0.331 e. The number of urea groups is 1. The maximum absolute atomic E-state index is 11.6. The minimum atomic E-state index is -0.287. The van der Waals surface area contributed by atoms with E-state index >= 15 is 0 Å². The van der Waals surface area contributed by atoms with E-state index in [-0.39, 0.29) is 11.8 Å². The van der Waals surface area contributed by atoms with Crippen molar-refractivity contribution in [1.29, 1.82) is 0 Å². The fraction of sp³-hybridized carbons (Fsp3) is 0.167. The van der Waals surface area contributed by atoms with Crippen LogP contribution < -0.4 is 5.32 Å². The molecule has 17 heavy (non-hydrogen) atoms. The van der Waals surface area contributed by atoms with Crippen LogP contribution in [0.25, 0.3) is 0 Å². The van der Waals surface area contributed by atoms with Crippen LogP contribution in [0, 0.1) is 0 Å². The number of benzene rings is 1. The summed E-state index contributed by atoms with van der Waals surface area (Å²) in [5.41, 5.74) is 0.518. The molecule has 90 valence electrons. The summed E-state index contributed by atoms with van der Waals surface area (Å²) in [7, 11) is 3.23. The highest BCUT2D eigenvalue weighted by atomic mass is 35.5. The number of nitrogens with zero attached hydrogens (tertiary/aromatic N) is 1. The molecular formula is C12H13ClN2O2. The Kier molecular flexibility index (Phi) is 4.72. The molecule has 0 unspecified atom stereocenters. The Hall–Kier alpha value is -1.81. The number of allylic oxidation sites excluding steroid dienone is 1. The second kappa shape index (κ2) is 6.06. The monoisotopic (exact) mass is 252 g/mol. The molecule has 0 saturated heterocycles. The summed E-state index contributed by atoms with van der Waals surface area (Å²) >= 11 is 5.71. The van der Waals surface area contributed by atoms with E-state index in [1.165, 1.54) is 17.2 Å². The predicted molar refractivity (Wildman–Crippen MR) is 67.1 cm³/mol. The van der Waals surface area contributed by atoms with Crippen LogP contribution in [0.1, 0.15) is 10.4 Å². The topological polar surface area (TPSA) is 49.4 Å². The van der Waals surface area contributed by atoms with Gasteiger partial charge >= 0.3 is 6.03 Å². The van der Waals surface area contributed by atoms with Crippen LogP contribution in [-0.4, -0.2) is 30.8 Å². The number of carbonyl (C=O) groups excluding carboxylic acids is 2. The smallest absolute Gasteiger partial charge is 0.320 e. The third-order valence-electron chi connectivity index (χ3n) is 1.98. The van der Waals surface area contributed by atoms with Crippen molar-refractivity contribution in [3.63, 3.8) is 0 Å². The zero-order valence-electron chi connectivity index (χ0n) is 9.61. The van der Waals surface area contributed by atoms with Crippen LogP contribution in [0.5, 0.6) is 0 Å². The van der Waals surface area contributed by atoms with Gasteiger partial charge in [-0.05, 0) is 24.3 Å². The van der Waals surface area contributed by atoms with E-state index in [9.17, 15) is 9.59 Å². The molecule has 5 heteroatoms. The first-order chi connectivity index (χ1) is 8.00. The molecule has 0 radical (unpaired) electrons. The molecule has 1 aromatic carbocycles. The normalized spacial score (nSPS) is 10.3. The lowest BCUT2D eigenvalue weighted by Gasteiger charge is -2.08. The summed E-state index contributed by atoms with van der Waals surface area (Å²) in [6.45, 7) is 0. The highest BCUT2D eigenvalue weighted by Crippen LogP contribution is 2.10. The van der Waals surface area contributed by atoms with Crippen molar-refractivity contribution < 1.29 is 9.59 Å². The molecule has 0 saturated carbocycles. The van der Waals surface area contributed by atoms with E-state index in [4.69, 9.17) is 11.6 Å². The molecule has 4 nitrogen and oxygen atoms in total. The van der Waals surface area contributed by atoms with Gasteiger partial charge in [0.15, 0.2) is 5.78 Å². The lowest BCUT2D eigenvalue weighted by molar-refractivity contribution is 0.104. The fourth-order valence-corrected chi connectivity index (χ4v) is 1.15. The standard InChI is InChI=1S/C12H13ClN2O2/c1-15(2)12(17)14-8-7-11(16)9-3-5-10(13)6-4-9/h3-8H,1-2H3,(H,14,17). The molecule has 0 bridgehead atoms. The Bertz CT molecular complexity index is 438. The molecule has 0 aliphatic heterocycles. The first-order valence-corrected chi connectivity index (χ1v) is 5.33. The summed E-state index contributed by atoms with van der Waals surface area (Å²) in [5, 5.41) is 3.03. The van der Waals surface area contributed by atoms with Gasteiger partial charge in [-0.15, -0.1) is 0 Å². The maximum Gasteiger partial charge on any atom is 0.320 e. The molecule has 0 atom stereocenters. The molecule has 0 aliphatic rings. The number of amides is 2. The first kappa shape index (κ1) is 13.3. The summed E-state index contributed by atoms with van der Waals surface area (Å²) in [4.78, 5) is 24.1. The van der Waals surface area contributed by atoms with Gasteiger partial charge in [-0.1, -0.05) is 11.6 Å². The fourth-order valence-electron chi connectivity index (χ4n) is 1.03. The van der Waals surface area contributed by atoms with Crippen LogP contribution in [0.3, 0.4) is 0 Å². The Morgan fingerprint density at radius 2 is 1.82 bits per heavy atom. The average Bonchev–Trinajstić information content (AvgIpc) is 2.29. The van der Waals surface area contributed by atoms with Crippen molar-refractivity contribution in [2.45, 2.75) is 0 Å². The lowest BCUT2D eigenvalue weighted by atomic mass is 10.1. The van der Waals surface area contributed by atoms with Crippen molar-refractivity contribution >= 4 is 23.4 Å². The second-order valence-corrected chi connectivity index (χ2v) is 3.98. The van der Waals surface area contributed by atoms with E-state index in [0.29, 0.717) is 10.6 Å². The van der Waals surface area contributed by atoms with E-state index in [2.05, 4.69) is 5.32 Å². The van der Waals surface area contributed by atoms with Gasteiger partial charge in [0.1, 0.15) is 0 Å². The predicted octanol–water partition coefficient (Wildman–Crippen LogP) is 2.31. The van der Waals surface area contributed by atoms with E-state index in [0.717, 1.165) is 0 Å². The average molecular weight is 253 g/mol. The van der Waals surface area contributed by atoms with Crippen molar-refractivity contribution in [2.75, 3.05) is 14.1 Å². The number of nitrogens with one attached hydrogen (secondary N) is 1. The van der Waals surface area contributed by atoms with Crippen LogP contribution in [0.2, 0.25) is 5.02 Å². The summed E-state index contributed by atoms with van der Waals surface area (Å²) in [6, 6.07) is 6.25.